The lowest BCUT2D eigenvalue weighted by atomic mass is 10.0. The highest BCUT2D eigenvalue weighted by molar-refractivity contribution is 9.10. The Bertz CT molecular complexity index is 628. The summed E-state index contributed by atoms with van der Waals surface area (Å²) in [6.07, 6.45) is 0.970. The van der Waals surface area contributed by atoms with Crippen molar-refractivity contribution in [3.8, 4) is 5.75 Å². The van der Waals surface area contributed by atoms with E-state index in [0.29, 0.717) is 12.2 Å². The van der Waals surface area contributed by atoms with Gasteiger partial charge >= 0.3 is 0 Å². The fraction of sp³-hybridized carbons (Fsp3) is 0.294. The Morgan fingerprint density at radius 1 is 1.14 bits per heavy atom. The van der Waals surface area contributed by atoms with Crippen molar-refractivity contribution >= 4 is 31.9 Å². The molecule has 2 rings (SSSR count). The Labute approximate surface area is 141 Å². The predicted octanol–water partition coefficient (Wildman–Crippen LogP) is 6.17. The van der Waals surface area contributed by atoms with Crippen molar-refractivity contribution in [2.24, 2.45) is 0 Å². The molecule has 112 valence electrons. The molecule has 0 aliphatic heterocycles. The molecule has 4 heteroatoms. The van der Waals surface area contributed by atoms with Crippen molar-refractivity contribution < 1.29 is 9.13 Å². The minimum Gasteiger partial charge on any atom is -0.492 e. The summed E-state index contributed by atoms with van der Waals surface area (Å²) in [5, 5.41) is 0. The molecule has 0 saturated heterocycles. The number of ether oxygens (including phenoxy) is 1. The second-order valence-corrected chi connectivity index (χ2v) is 6.68. The first-order valence-corrected chi connectivity index (χ1v) is 8.56. The van der Waals surface area contributed by atoms with Gasteiger partial charge in [0, 0.05) is 0 Å². The maximum Gasteiger partial charge on any atom is 0.133 e. The van der Waals surface area contributed by atoms with Gasteiger partial charge in [-0.3, -0.25) is 0 Å². The summed E-state index contributed by atoms with van der Waals surface area (Å²) in [6.45, 7) is 4.53. The van der Waals surface area contributed by atoms with Crippen molar-refractivity contribution in [1.82, 2.24) is 0 Å². The predicted molar refractivity (Wildman–Crippen MR) is 91.8 cm³/mol. The average molecular weight is 416 g/mol. The standard InChI is InChI=1S/C17H17Br2FO/c1-3-8-21-16-7-6-12(9-14(16)18)17(19)13-5-4-11(2)15(20)10-13/h4-7,9-10,17H,3,8H2,1-2H3. The van der Waals surface area contributed by atoms with Gasteiger partial charge in [0.1, 0.15) is 11.6 Å². The first-order valence-electron chi connectivity index (χ1n) is 6.85. The van der Waals surface area contributed by atoms with E-state index in [1.165, 1.54) is 0 Å². The fourth-order valence-corrected chi connectivity index (χ4v) is 3.04. The monoisotopic (exact) mass is 414 g/mol. The number of halogens is 3. The number of alkyl halides is 1. The van der Waals surface area contributed by atoms with Crippen LogP contribution in [0.2, 0.25) is 0 Å². The smallest absolute Gasteiger partial charge is 0.133 e. The highest BCUT2D eigenvalue weighted by Crippen LogP contribution is 2.35. The van der Waals surface area contributed by atoms with Crippen molar-refractivity contribution in [2.45, 2.75) is 25.1 Å². The van der Waals surface area contributed by atoms with Gasteiger partial charge in [0.15, 0.2) is 0 Å². The van der Waals surface area contributed by atoms with Gasteiger partial charge in [-0.25, -0.2) is 4.39 Å². The van der Waals surface area contributed by atoms with E-state index in [1.807, 2.05) is 24.3 Å². The summed E-state index contributed by atoms with van der Waals surface area (Å²) >= 11 is 7.16. The molecule has 0 heterocycles. The first kappa shape index (κ1) is 16.5. The van der Waals surface area contributed by atoms with Crippen LogP contribution >= 0.6 is 31.9 Å². The van der Waals surface area contributed by atoms with E-state index in [1.54, 1.807) is 19.1 Å². The fourth-order valence-electron chi connectivity index (χ4n) is 1.96. The molecule has 0 aliphatic carbocycles. The molecule has 2 aromatic rings. The summed E-state index contributed by atoms with van der Waals surface area (Å²) in [5.74, 6) is 0.648. The second kappa shape index (κ2) is 7.41. The van der Waals surface area contributed by atoms with Crippen LogP contribution in [0.4, 0.5) is 4.39 Å². The molecular formula is C17H17Br2FO. The molecule has 0 radical (unpaired) electrons. The molecule has 0 bridgehead atoms. The van der Waals surface area contributed by atoms with E-state index >= 15 is 0 Å². The third-order valence-corrected chi connectivity index (χ3v) is 4.88. The molecule has 1 nitrogen and oxygen atoms in total. The maximum absolute atomic E-state index is 13.7. The minimum atomic E-state index is -0.182. The Kier molecular flexibility index (Phi) is 5.82. The SMILES string of the molecule is CCCOc1ccc(C(Br)c2ccc(C)c(F)c2)cc1Br. The maximum atomic E-state index is 13.7. The van der Waals surface area contributed by atoms with Crippen LogP contribution in [0.5, 0.6) is 5.75 Å². The van der Waals surface area contributed by atoms with Crippen molar-refractivity contribution in [3.63, 3.8) is 0 Å². The van der Waals surface area contributed by atoms with Gasteiger partial charge in [-0.15, -0.1) is 0 Å². The van der Waals surface area contributed by atoms with Gasteiger partial charge in [0.05, 0.1) is 15.9 Å². The lowest BCUT2D eigenvalue weighted by molar-refractivity contribution is 0.315. The molecule has 2 aromatic carbocycles. The molecule has 0 aromatic heterocycles. The van der Waals surface area contributed by atoms with E-state index in [4.69, 9.17) is 4.74 Å². The lowest BCUT2D eigenvalue weighted by Crippen LogP contribution is -1.98. The summed E-state index contributed by atoms with van der Waals surface area (Å²) in [4.78, 5) is -0.0517. The normalized spacial score (nSPS) is 12.2. The van der Waals surface area contributed by atoms with Crippen LogP contribution in [0.3, 0.4) is 0 Å². The average Bonchev–Trinajstić information content (AvgIpc) is 2.48. The van der Waals surface area contributed by atoms with E-state index in [0.717, 1.165) is 27.8 Å². The quantitative estimate of drug-likeness (QED) is 0.530. The molecule has 0 saturated carbocycles. The van der Waals surface area contributed by atoms with Crippen LogP contribution in [-0.2, 0) is 0 Å². The number of benzene rings is 2. The van der Waals surface area contributed by atoms with Crippen molar-refractivity contribution in [3.05, 3.63) is 63.4 Å². The Hall–Kier alpha value is -0.870. The largest absolute Gasteiger partial charge is 0.492 e. The number of hydrogen-bond acceptors (Lipinski definition) is 1. The number of aryl methyl sites for hydroxylation is 1. The van der Waals surface area contributed by atoms with E-state index in [2.05, 4.69) is 38.8 Å². The third-order valence-electron chi connectivity index (χ3n) is 3.20. The molecule has 0 spiro atoms. The van der Waals surface area contributed by atoms with Crippen LogP contribution in [0.25, 0.3) is 0 Å². The zero-order valence-electron chi connectivity index (χ0n) is 12.0. The van der Waals surface area contributed by atoms with Gasteiger partial charge < -0.3 is 4.74 Å². The lowest BCUT2D eigenvalue weighted by Gasteiger charge is -2.14. The van der Waals surface area contributed by atoms with Crippen LogP contribution in [0.15, 0.2) is 40.9 Å². The number of hydrogen-bond donors (Lipinski definition) is 0. The Morgan fingerprint density at radius 3 is 2.43 bits per heavy atom. The van der Waals surface area contributed by atoms with Gasteiger partial charge in [-0.2, -0.15) is 0 Å². The molecule has 0 N–H and O–H groups in total. The van der Waals surface area contributed by atoms with Crippen LogP contribution < -0.4 is 4.74 Å². The zero-order chi connectivity index (χ0) is 15.4. The van der Waals surface area contributed by atoms with Crippen LogP contribution in [0.1, 0.15) is 34.9 Å². The molecule has 1 unspecified atom stereocenters. The molecule has 1 atom stereocenters. The van der Waals surface area contributed by atoms with E-state index in [-0.39, 0.29) is 10.6 Å². The van der Waals surface area contributed by atoms with Gasteiger partial charge in [-0.05, 0) is 64.2 Å². The van der Waals surface area contributed by atoms with Crippen molar-refractivity contribution in [1.29, 1.82) is 0 Å². The molecule has 0 aliphatic rings. The second-order valence-electron chi connectivity index (χ2n) is 4.91. The summed E-state index contributed by atoms with van der Waals surface area (Å²) in [5.41, 5.74) is 2.60. The highest BCUT2D eigenvalue weighted by Gasteiger charge is 2.14. The van der Waals surface area contributed by atoms with Gasteiger partial charge in [0.2, 0.25) is 0 Å². The summed E-state index contributed by atoms with van der Waals surface area (Å²) < 4.78 is 20.2. The molecular weight excluding hydrogens is 399 g/mol. The first-order chi connectivity index (χ1) is 10.0. The zero-order valence-corrected chi connectivity index (χ0v) is 15.2. The van der Waals surface area contributed by atoms with Crippen LogP contribution in [-0.4, -0.2) is 6.61 Å². The van der Waals surface area contributed by atoms with Crippen molar-refractivity contribution in [2.75, 3.05) is 6.61 Å². The van der Waals surface area contributed by atoms with Gasteiger partial charge in [-0.1, -0.05) is 41.1 Å². The van der Waals surface area contributed by atoms with E-state index in [9.17, 15) is 4.39 Å². The Balaban J connectivity index is 2.24. The molecule has 0 amide bonds. The van der Waals surface area contributed by atoms with E-state index < -0.39 is 0 Å². The molecule has 0 fully saturated rings. The number of rotatable bonds is 5. The van der Waals surface area contributed by atoms with Crippen LogP contribution in [0, 0.1) is 12.7 Å². The van der Waals surface area contributed by atoms with Gasteiger partial charge in [0.25, 0.3) is 0 Å². The highest BCUT2D eigenvalue weighted by atomic mass is 79.9. The third kappa shape index (κ3) is 4.07. The summed E-state index contributed by atoms with van der Waals surface area (Å²) in [6, 6.07) is 11.2. The summed E-state index contributed by atoms with van der Waals surface area (Å²) in [7, 11) is 0. The molecule has 21 heavy (non-hydrogen) atoms. The topological polar surface area (TPSA) is 9.23 Å². The minimum absolute atomic E-state index is 0.0517. The Morgan fingerprint density at radius 2 is 1.81 bits per heavy atom.